The number of hydrogen-bond acceptors (Lipinski definition) is 4. The summed E-state index contributed by atoms with van der Waals surface area (Å²) in [6.07, 6.45) is 0.957. The minimum atomic E-state index is -0.262. The Bertz CT molecular complexity index is 403. The van der Waals surface area contributed by atoms with Crippen LogP contribution in [-0.2, 0) is 15.9 Å². The van der Waals surface area contributed by atoms with Gasteiger partial charge in [-0.2, -0.15) is 0 Å². The number of ether oxygens (including phenoxy) is 2. The molecule has 1 atom stereocenters. The van der Waals surface area contributed by atoms with Gasteiger partial charge in [-0.25, -0.2) is 4.79 Å². The van der Waals surface area contributed by atoms with Crippen molar-refractivity contribution in [3.63, 3.8) is 0 Å². The number of benzene rings is 1. The zero-order chi connectivity index (χ0) is 11.5. The lowest BCUT2D eigenvalue weighted by Crippen LogP contribution is -2.08. The van der Waals surface area contributed by atoms with E-state index in [1.54, 1.807) is 18.9 Å². The Balaban J connectivity index is 2.27. The van der Waals surface area contributed by atoms with E-state index in [1.807, 2.05) is 12.1 Å². The molecule has 0 aliphatic carbocycles. The molecule has 86 valence electrons. The predicted octanol–water partition coefficient (Wildman–Crippen LogP) is 2.14. The van der Waals surface area contributed by atoms with Crippen LogP contribution >= 0.6 is 11.8 Å². The van der Waals surface area contributed by atoms with E-state index in [1.165, 1.54) is 12.7 Å². The molecule has 0 saturated carbocycles. The molecule has 0 bridgehead atoms. The third-order valence-corrected chi connectivity index (χ3v) is 3.94. The van der Waals surface area contributed by atoms with Crippen LogP contribution in [0.3, 0.4) is 0 Å². The number of carbonyl (C=O) groups excluding carboxylic acids is 1. The van der Waals surface area contributed by atoms with Gasteiger partial charge < -0.3 is 9.47 Å². The van der Waals surface area contributed by atoms with Crippen molar-refractivity contribution in [1.29, 1.82) is 0 Å². The molecule has 3 nitrogen and oxygen atoms in total. The fourth-order valence-corrected chi connectivity index (χ4v) is 3.27. The molecule has 0 radical (unpaired) electrons. The van der Waals surface area contributed by atoms with E-state index < -0.39 is 0 Å². The highest BCUT2D eigenvalue weighted by molar-refractivity contribution is 8.00. The van der Waals surface area contributed by atoms with E-state index in [4.69, 9.17) is 9.47 Å². The number of hydrogen-bond donors (Lipinski definition) is 0. The summed E-state index contributed by atoms with van der Waals surface area (Å²) in [5.74, 6) is -0.262. The molecular weight excluding hydrogens is 224 g/mol. The fourth-order valence-electron chi connectivity index (χ4n) is 1.89. The lowest BCUT2D eigenvalue weighted by atomic mass is 10.1. The van der Waals surface area contributed by atoms with Gasteiger partial charge >= 0.3 is 5.97 Å². The molecule has 1 aromatic rings. The Morgan fingerprint density at radius 3 is 3.00 bits per heavy atom. The molecular formula is C12H14O3S. The summed E-state index contributed by atoms with van der Waals surface area (Å²) in [6, 6.07) is 5.78. The Labute approximate surface area is 99.1 Å². The van der Waals surface area contributed by atoms with Crippen molar-refractivity contribution >= 4 is 17.7 Å². The molecule has 1 aromatic carbocycles. The maximum absolute atomic E-state index is 11.6. The molecule has 1 aliphatic heterocycles. The van der Waals surface area contributed by atoms with Gasteiger partial charge in [-0.05, 0) is 18.1 Å². The van der Waals surface area contributed by atoms with Crippen LogP contribution in [0.1, 0.15) is 15.9 Å². The lowest BCUT2D eigenvalue weighted by Gasteiger charge is -2.06. The van der Waals surface area contributed by atoms with E-state index in [9.17, 15) is 4.79 Å². The number of rotatable bonds is 3. The standard InChI is InChI=1S/C12H14O3S/c1-14-7-9-6-8-4-3-5-10(11(8)16-9)12(13)15-2/h3-5,9H,6-7H2,1-2H3. The van der Waals surface area contributed by atoms with Crippen molar-refractivity contribution in [2.45, 2.75) is 16.6 Å². The second-order valence-corrected chi connectivity index (χ2v) is 5.00. The van der Waals surface area contributed by atoms with Crippen LogP contribution in [-0.4, -0.2) is 32.0 Å². The lowest BCUT2D eigenvalue weighted by molar-refractivity contribution is 0.0596. The predicted molar refractivity (Wildman–Crippen MR) is 63.0 cm³/mol. The summed E-state index contributed by atoms with van der Waals surface area (Å²) >= 11 is 1.71. The van der Waals surface area contributed by atoms with E-state index in [0.717, 1.165) is 11.3 Å². The molecule has 1 unspecified atom stereocenters. The van der Waals surface area contributed by atoms with Crippen LogP contribution in [0.5, 0.6) is 0 Å². The summed E-state index contributed by atoms with van der Waals surface area (Å²) in [5, 5.41) is 0.408. The molecule has 0 N–H and O–H groups in total. The van der Waals surface area contributed by atoms with Crippen molar-refractivity contribution in [2.75, 3.05) is 20.8 Å². The smallest absolute Gasteiger partial charge is 0.339 e. The van der Waals surface area contributed by atoms with Crippen molar-refractivity contribution in [2.24, 2.45) is 0 Å². The maximum atomic E-state index is 11.6. The van der Waals surface area contributed by atoms with Crippen LogP contribution in [0.2, 0.25) is 0 Å². The van der Waals surface area contributed by atoms with Gasteiger partial charge in [-0.3, -0.25) is 0 Å². The second-order valence-electron chi connectivity index (χ2n) is 3.68. The van der Waals surface area contributed by atoms with Gasteiger partial charge in [0.1, 0.15) is 0 Å². The molecule has 0 spiro atoms. The molecule has 0 saturated heterocycles. The molecule has 0 fully saturated rings. The van der Waals surface area contributed by atoms with Crippen molar-refractivity contribution < 1.29 is 14.3 Å². The Morgan fingerprint density at radius 2 is 2.31 bits per heavy atom. The Kier molecular flexibility index (Phi) is 3.51. The number of thioether (sulfide) groups is 1. The topological polar surface area (TPSA) is 35.5 Å². The van der Waals surface area contributed by atoms with Crippen LogP contribution in [0.15, 0.2) is 23.1 Å². The highest BCUT2D eigenvalue weighted by Gasteiger charge is 2.26. The number of esters is 1. The van der Waals surface area contributed by atoms with Crippen LogP contribution in [0.4, 0.5) is 0 Å². The quantitative estimate of drug-likeness (QED) is 0.756. The highest BCUT2D eigenvalue weighted by Crippen LogP contribution is 2.39. The Hall–Kier alpha value is -1.00. The largest absolute Gasteiger partial charge is 0.465 e. The third kappa shape index (κ3) is 2.08. The first-order valence-electron chi connectivity index (χ1n) is 5.12. The van der Waals surface area contributed by atoms with Gasteiger partial charge in [0, 0.05) is 17.3 Å². The number of methoxy groups -OCH3 is 2. The van der Waals surface area contributed by atoms with Gasteiger partial charge in [-0.1, -0.05) is 12.1 Å². The average molecular weight is 238 g/mol. The van der Waals surface area contributed by atoms with Gasteiger partial charge in [0.2, 0.25) is 0 Å². The van der Waals surface area contributed by atoms with Crippen LogP contribution in [0.25, 0.3) is 0 Å². The summed E-state index contributed by atoms with van der Waals surface area (Å²) in [4.78, 5) is 12.6. The second kappa shape index (κ2) is 4.89. The summed E-state index contributed by atoms with van der Waals surface area (Å²) in [7, 11) is 3.11. The van der Waals surface area contributed by atoms with Gasteiger partial charge in [0.05, 0.1) is 19.3 Å². The third-order valence-electron chi connectivity index (χ3n) is 2.59. The van der Waals surface area contributed by atoms with Crippen LogP contribution in [0, 0.1) is 0 Å². The van der Waals surface area contributed by atoms with Gasteiger partial charge in [0.15, 0.2) is 0 Å². The molecule has 0 aromatic heterocycles. The van der Waals surface area contributed by atoms with Gasteiger partial charge in [-0.15, -0.1) is 11.8 Å². The first kappa shape index (κ1) is 11.5. The van der Waals surface area contributed by atoms with E-state index in [0.29, 0.717) is 17.4 Å². The van der Waals surface area contributed by atoms with Crippen molar-refractivity contribution in [1.82, 2.24) is 0 Å². The molecule has 1 heterocycles. The summed E-state index contributed by atoms with van der Waals surface area (Å²) < 4.78 is 9.92. The first-order chi connectivity index (χ1) is 7.76. The maximum Gasteiger partial charge on any atom is 0.339 e. The Morgan fingerprint density at radius 1 is 1.50 bits per heavy atom. The zero-order valence-corrected chi connectivity index (χ0v) is 10.2. The van der Waals surface area contributed by atoms with Crippen molar-refractivity contribution in [3.05, 3.63) is 29.3 Å². The molecule has 16 heavy (non-hydrogen) atoms. The molecule has 2 rings (SSSR count). The molecule has 1 aliphatic rings. The minimum Gasteiger partial charge on any atom is -0.465 e. The summed E-state index contributed by atoms with van der Waals surface area (Å²) in [6.45, 7) is 0.708. The van der Waals surface area contributed by atoms with E-state index in [-0.39, 0.29) is 5.97 Å². The first-order valence-corrected chi connectivity index (χ1v) is 6.00. The van der Waals surface area contributed by atoms with E-state index >= 15 is 0 Å². The number of carbonyl (C=O) groups is 1. The van der Waals surface area contributed by atoms with Crippen molar-refractivity contribution in [3.8, 4) is 0 Å². The summed E-state index contributed by atoms with van der Waals surface area (Å²) in [5.41, 5.74) is 1.89. The highest BCUT2D eigenvalue weighted by atomic mass is 32.2. The zero-order valence-electron chi connectivity index (χ0n) is 9.36. The van der Waals surface area contributed by atoms with E-state index in [2.05, 4.69) is 6.07 Å². The minimum absolute atomic E-state index is 0.262. The number of fused-ring (bicyclic) bond motifs is 1. The van der Waals surface area contributed by atoms with Crippen LogP contribution < -0.4 is 0 Å². The fraction of sp³-hybridized carbons (Fsp3) is 0.417. The molecule has 4 heteroatoms. The SMILES string of the molecule is COCC1Cc2cccc(C(=O)OC)c2S1. The van der Waals surface area contributed by atoms with Gasteiger partial charge in [0.25, 0.3) is 0 Å². The molecule has 0 amide bonds. The average Bonchev–Trinajstić information content (AvgIpc) is 2.70. The monoisotopic (exact) mass is 238 g/mol. The normalized spacial score (nSPS) is 18.2.